The van der Waals surface area contributed by atoms with Gasteiger partial charge < -0.3 is 9.84 Å². The van der Waals surface area contributed by atoms with Crippen LogP contribution in [0, 0.1) is 17.8 Å². The zero-order valence-electron chi connectivity index (χ0n) is 13.8. The van der Waals surface area contributed by atoms with Gasteiger partial charge in [0.2, 0.25) is 0 Å². The summed E-state index contributed by atoms with van der Waals surface area (Å²) in [5.41, 5.74) is 0.786. The van der Waals surface area contributed by atoms with Crippen molar-refractivity contribution in [3.63, 3.8) is 0 Å². The highest BCUT2D eigenvalue weighted by molar-refractivity contribution is 5.95. The van der Waals surface area contributed by atoms with E-state index in [1.807, 2.05) is 32.0 Å². The van der Waals surface area contributed by atoms with Crippen LogP contribution in [0.4, 0.5) is 0 Å². The highest BCUT2D eigenvalue weighted by Crippen LogP contribution is 2.20. The third-order valence-corrected chi connectivity index (χ3v) is 3.50. The summed E-state index contributed by atoms with van der Waals surface area (Å²) in [7, 11) is 0. The van der Waals surface area contributed by atoms with Gasteiger partial charge in [0.1, 0.15) is 12.4 Å². The van der Waals surface area contributed by atoms with Crippen molar-refractivity contribution in [1.82, 2.24) is 0 Å². The number of carboxylic acids is 1. The number of esters is 1. The third-order valence-electron chi connectivity index (χ3n) is 3.50. The Morgan fingerprint density at radius 3 is 2.17 bits per heavy atom. The summed E-state index contributed by atoms with van der Waals surface area (Å²) in [6.45, 7) is 5.47. The molecule has 0 aromatic heterocycles. The van der Waals surface area contributed by atoms with Crippen LogP contribution in [0.25, 0.3) is 0 Å². The Morgan fingerprint density at radius 2 is 1.65 bits per heavy atom. The molecule has 5 heteroatoms. The number of hydrogen-bond donors (Lipinski definition) is 1. The van der Waals surface area contributed by atoms with Crippen LogP contribution in [-0.2, 0) is 25.7 Å². The van der Waals surface area contributed by atoms with E-state index in [9.17, 15) is 19.5 Å². The first kappa shape index (κ1) is 18.9. The number of carbonyl (C=O) groups excluding carboxylic acids is 2. The Balaban J connectivity index is 2.63. The molecule has 5 nitrogen and oxygen atoms in total. The van der Waals surface area contributed by atoms with E-state index >= 15 is 0 Å². The first-order chi connectivity index (χ1) is 10.8. The van der Waals surface area contributed by atoms with Crippen LogP contribution >= 0.6 is 0 Å². The number of aliphatic carboxylic acids is 1. The second kappa shape index (κ2) is 9.08. The summed E-state index contributed by atoms with van der Waals surface area (Å²) in [6, 6.07) is 9.04. The number of Topliss-reactive ketones (excluding diaryl/α,β-unsaturated/α-hetero) is 1. The van der Waals surface area contributed by atoms with Crippen LogP contribution in [0.1, 0.15) is 39.2 Å². The lowest BCUT2D eigenvalue weighted by molar-refractivity contribution is -0.162. The van der Waals surface area contributed by atoms with Gasteiger partial charge >= 0.3 is 11.9 Å². The fourth-order valence-electron chi connectivity index (χ4n) is 2.41. The first-order valence-electron chi connectivity index (χ1n) is 7.76. The summed E-state index contributed by atoms with van der Waals surface area (Å²) < 4.78 is 5.10. The van der Waals surface area contributed by atoms with Gasteiger partial charge in [0.25, 0.3) is 0 Å². The van der Waals surface area contributed by atoms with Gasteiger partial charge in [-0.05, 0) is 17.4 Å². The molecule has 0 amide bonds. The zero-order chi connectivity index (χ0) is 17.4. The molecule has 2 atom stereocenters. The summed E-state index contributed by atoms with van der Waals surface area (Å²) in [4.78, 5) is 35.3. The number of carboxylic acid groups (broad SMARTS) is 1. The van der Waals surface area contributed by atoms with Gasteiger partial charge in [-0.3, -0.25) is 14.4 Å². The lowest BCUT2D eigenvalue weighted by Crippen LogP contribution is -2.32. The standard InChI is InChI=1S/C18H24O5/c1-12(2)9-15(19)10-13(3)16(17(20)21)18(22)23-11-14-7-5-4-6-8-14/h4-8,12-13,16H,9-11H2,1-3H3,(H,20,21). The van der Waals surface area contributed by atoms with Crippen molar-refractivity contribution in [3.8, 4) is 0 Å². The molecular formula is C18H24O5. The Morgan fingerprint density at radius 1 is 1.04 bits per heavy atom. The molecule has 0 fully saturated rings. The molecule has 1 aromatic carbocycles. The molecule has 23 heavy (non-hydrogen) atoms. The highest BCUT2D eigenvalue weighted by Gasteiger charge is 2.34. The lowest BCUT2D eigenvalue weighted by Gasteiger charge is -2.19. The van der Waals surface area contributed by atoms with Gasteiger partial charge in [0.05, 0.1) is 0 Å². The number of ether oxygens (including phenoxy) is 1. The number of rotatable bonds is 9. The normalized spacial score (nSPS) is 13.4. The van der Waals surface area contributed by atoms with E-state index in [1.54, 1.807) is 19.1 Å². The molecule has 1 N–H and O–H groups in total. The van der Waals surface area contributed by atoms with E-state index in [4.69, 9.17) is 4.74 Å². The van der Waals surface area contributed by atoms with E-state index in [-0.39, 0.29) is 24.7 Å². The van der Waals surface area contributed by atoms with Crippen LogP contribution < -0.4 is 0 Å². The molecule has 1 aromatic rings. The minimum atomic E-state index is -1.32. The van der Waals surface area contributed by atoms with Crippen molar-refractivity contribution in [2.45, 2.75) is 40.2 Å². The Hall–Kier alpha value is -2.17. The average Bonchev–Trinajstić information content (AvgIpc) is 2.44. The van der Waals surface area contributed by atoms with Crippen molar-refractivity contribution in [2.24, 2.45) is 17.8 Å². The largest absolute Gasteiger partial charge is 0.481 e. The van der Waals surface area contributed by atoms with Gasteiger partial charge in [0, 0.05) is 12.8 Å². The zero-order valence-corrected chi connectivity index (χ0v) is 13.8. The maximum atomic E-state index is 12.1. The predicted molar refractivity (Wildman–Crippen MR) is 85.6 cm³/mol. The molecule has 1 rings (SSSR count). The maximum Gasteiger partial charge on any atom is 0.320 e. The molecule has 0 saturated heterocycles. The molecule has 0 aliphatic carbocycles. The Labute approximate surface area is 136 Å². The van der Waals surface area contributed by atoms with E-state index in [0.29, 0.717) is 6.42 Å². The third kappa shape index (κ3) is 6.63. The summed E-state index contributed by atoms with van der Waals surface area (Å²) in [5.74, 6) is -3.80. The molecule has 0 radical (unpaired) electrons. The van der Waals surface area contributed by atoms with Gasteiger partial charge in [-0.1, -0.05) is 51.1 Å². The van der Waals surface area contributed by atoms with Crippen molar-refractivity contribution in [2.75, 3.05) is 0 Å². The molecule has 126 valence electrons. The lowest BCUT2D eigenvalue weighted by atomic mass is 9.88. The summed E-state index contributed by atoms with van der Waals surface area (Å²) >= 11 is 0. The van der Waals surface area contributed by atoms with Gasteiger partial charge in [-0.2, -0.15) is 0 Å². The Bertz CT molecular complexity index is 536. The fraction of sp³-hybridized carbons (Fsp3) is 0.500. The first-order valence-corrected chi connectivity index (χ1v) is 7.76. The molecule has 0 aliphatic heterocycles. The van der Waals surface area contributed by atoms with Crippen molar-refractivity contribution in [3.05, 3.63) is 35.9 Å². The fourth-order valence-corrected chi connectivity index (χ4v) is 2.41. The summed E-state index contributed by atoms with van der Waals surface area (Å²) in [6.07, 6.45) is 0.450. The molecular weight excluding hydrogens is 296 g/mol. The summed E-state index contributed by atoms with van der Waals surface area (Å²) in [5, 5.41) is 9.29. The average molecular weight is 320 g/mol. The predicted octanol–water partition coefficient (Wildman–Crippen LogP) is 3.07. The smallest absolute Gasteiger partial charge is 0.320 e. The van der Waals surface area contributed by atoms with Crippen LogP contribution in [-0.4, -0.2) is 22.8 Å². The second-order valence-corrected chi connectivity index (χ2v) is 6.23. The maximum absolute atomic E-state index is 12.1. The molecule has 2 unspecified atom stereocenters. The molecule has 0 aliphatic rings. The van der Waals surface area contributed by atoms with E-state index < -0.39 is 23.8 Å². The SMILES string of the molecule is CC(C)CC(=O)CC(C)C(C(=O)O)C(=O)OCc1ccccc1. The minimum absolute atomic E-state index is 0.0239. The quantitative estimate of drug-likeness (QED) is 0.558. The molecule has 0 spiro atoms. The number of benzene rings is 1. The van der Waals surface area contributed by atoms with E-state index in [0.717, 1.165) is 5.56 Å². The van der Waals surface area contributed by atoms with Crippen molar-refractivity contribution < 1.29 is 24.2 Å². The van der Waals surface area contributed by atoms with Crippen LogP contribution in [0.15, 0.2) is 30.3 Å². The van der Waals surface area contributed by atoms with Crippen LogP contribution in [0.5, 0.6) is 0 Å². The molecule has 0 heterocycles. The monoisotopic (exact) mass is 320 g/mol. The van der Waals surface area contributed by atoms with Crippen molar-refractivity contribution >= 4 is 17.7 Å². The van der Waals surface area contributed by atoms with E-state index in [1.165, 1.54) is 0 Å². The Kier molecular flexibility index (Phi) is 7.45. The minimum Gasteiger partial charge on any atom is -0.481 e. The second-order valence-electron chi connectivity index (χ2n) is 6.23. The topological polar surface area (TPSA) is 80.7 Å². The highest BCUT2D eigenvalue weighted by atomic mass is 16.5. The van der Waals surface area contributed by atoms with Gasteiger partial charge in [0.15, 0.2) is 5.92 Å². The number of carbonyl (C=O) groups is 3. The van der Waals surface area contributed by atoms with Crippen LogP contribution in [0.3, 0.4) is 0 Å². The van der Waals surface area contributed by atoms with Gasteiger partial charge in [-0.25, -0.2) is 0 Å². The van der Waals surface area contributed by atoms with Gasteiger partial charge in [-0.15, -0.1) is 0 Å². The van der Waals surface area contributed by atoms with E-state index in [2.05, 4.69) is 0 Å². The number of ketones is 1. The molecule has 0 saturated carbocycles. The van der Waals surface area contributed by atoms with Crippen LogP contribution in [0.2, 0.25) is 0 Å². The molecule has 0 bridgehead atoms. The van der Waals surface area contributed by atoms with Crippen molar-refractivity contribution in [1.29, 1.82) is 0 Å². The number of hydrogen-bond acceptors (Lipinski definition) is 4.